The molecule has 1 aromatic rings. The average Bonchev–Trinajstić information content (AvgIpc) is 2.76. The zero-order valence-corrected chi connectivity index (χ0v) is 13.0. The maximum absolute atomic E-state index is 11.6. The Morgan fingerprint density at radius 2 is 2.26 bits per heavy atom. The summed E-state index contributed by atoms with van der Waals surface area (Å²) in [5, 5.41) is 9.57. The summed E-state index contributed by atoms with van der Waals surface area (Å²) in [5.41, 5.74) is 1.69. The Morgan fingerprint density at radius 3 is 2.84 bits per heavy atom. The second kappa shape index (κ2) is 5.63. The zero-order chi connectivity index (χ0) is 14.0. The van der Waals surface area contributed by atoms with Gasteiger partial charge in [-0.2, -0.15) is 0 Å². The van der Waals surface area contributed by atoms with Gasteiger partial charge in [-0.3, -0.25) is 9.69 Å². The molecule has 1 saturated heterocycles. The molecule has 19 heavy (non-hydrogen) atoms. The van der Waals surface area contributed by atoms with E-state index in [4.69, 9.17) is 0 Å². The van der Waals surface area contributed by atoms with Crippen molar-refractivity contribution in [3.05, 3.63) is 33.8 Å². The van der Waals surface area contributed by atoms with Crippen molar-refractivity contribution in [1.82, 2.24) is 4.90 Å². The Morgan fingerprint density at radius 1 is 1.53 bits per heavy atom. The maximum atomic E-state index is 11.6. The number of nitrogens with zero attached hydrogens (tertiary/aromatic N) is 1. The van der Waals surface area contributed by atoms with Gasteiger partial charge in [0.15, 0.2) is 0 Å². The van der Waals surface area contributed by atoms with E-state index in [2.05, 4.69) is 46.0 Å². The van der Waals surface area contributed by atoms with E-state index in [1.807, 2.05) is 6.92 Å². The van der Waals surface area contributed by atoms with Crippen LogP contribution in [0.4, 0.5) is 0 Å². The molecule has 0 bridgehead atoms. The van der Waals surface area contributed by atoms with Gasteiger partial charge in [0, 0.05) is 11.0 Å². The lowest BCUT2D eigenvalue weighted by Gasteiger charge is -2.34. The molecule has 1 aliphatic rings. The molecular weight excluding hydrogens is 306 g/mol. The summed E-state index contributed by atoms with van der Waals surface area (Å²) in [6, 6.07) is 6.24. The molecule has 0 radical (unpaired) electrons. The van der Waals surface area contributed by atoms with Crippen LogP contribution in [0.25, 0.3) is 0 Å². The molecule has 1 unspecified atom stereocenters. The fourth-order valence-electron chi connectivity index (χ4n) is 2.94. The van der Waals surface area contributed by atoms with Gasteiger partial charge in [0.25, 0.3) is 0 Å². The molecule has 3 nitrogen and oxygen atoms in total. The van der Waals surface area contributed by atoms with Crippen LogP contribution in [0.2, 0.25) is 0 Å². The molecule has 104 valence electrons. The highest BCUT2D eigenvalue weighted by Gasteiger charge is 2.45. The molecule has 0 amide bonds. The first-order valence-electron chi connectivity index (χ1n) is 6.73. The SMILES string of the molecule is CCC1(C(=O)O)CCCN1Cc1ccc(C)cc1Br. The van der Waals surface area contributed by atoms with Crippen LogP contribution in [0, 0.1) is 6.92 Å². The Kier molecular flexibility index (Phi) is 4.31. The van der Waals surface area contributed by atoms with Gasteiger partial charge in [-0.1, -0.05) is 35.0 Å². The maximum Gasteiger partial charge on any atom is 0.324 e. The van der Waals surface area contributed by atoms with Gasteiger partial charge in [0.1, 0.15) is 5.54 Å². The van der Waals surface area contributed by atoms with Crippen LogP contribution >= 0.6 is 15.9 Å². The van der Waals surface area contributed by atoms with Gasteiger partial charge in [0.05, 0.1) is 0 Å². The number of hydrogen-bond donors (Lipinski definition) is 1. The van der Waals surface area contributed by atoms with Crippen molar-refractivity contribution in [2.24, 2.45) is 0 Å². The highest BCUT2D eigenvalue weighted by Crippen LogP contribution is 2.35. The lowest BCUT2D eigenvalue weighted by Crippen LogP contribution is -2.49. The molecule has 1 aromatic carbocycles. The summed E-state index contributed by atoms with van der Waals surface area (Å²) in [6.45, 7) is 5.58. The van der Waals surface area contributed by atoms with Crippen LogP contribution in [0.1, 0.15) is 37.3 Å². The van der Waals surface area contributed by atoms with Gasteiger partial charge in [0.2, 0.25) is 0 Å². The predicted octanol–water partition coefficient (Wildman–Crippen LogP) is 3.59. The summed E-state index contributed by atoms with van der Waals surface area (Å²) >= 11 is 3.58. The van der Waals surface area contributed by atoms with Crippen molar-refractivity contribution in [3.63, 3.8) is 0 Å². The number of aliphatic carboxylic acids is 1. The van der Waals surface area contributed by atoms with Gasteiger partial charge < -0.3 is 5.11 Å². The molecule has 2 rings (SSSR count). The predicted molar refractivity (Wildman–Crippen MR) is 79.2 cm³/mol. The van der Waals surface area contributed by atoms with Crippen LogP contribution < -0.4 is 0 Å². The van der Waals surface area contributed by atoms with Crippen LogP contribution in [-0.2, 0) is 11.3 Å². The van der Waals surface area contributed by atoms with E-state index in [-0.39, 0.29) is 0 Å². The number of hydrogen-bond acceptors (Lipinski definition) is 2. The van der Waals surface area contributed by atoms with Gasteiger partial charge in [-0.25, -0.2) is 0 Å². The minimum Gasteiger partial charge on any atom is -0.480 e. The van der Waals surface area contributed by atoms with Gasteiger partial charge >= 0.3 is 5.97 Å². The molecule has 1 atom stereocenters. The third-order valence-electron chi connectivity index (χ3n) is 4.18. The van der Waals surface area contributed by atoms with E-state index < -0.39 is 11.5 Å². The van der Waals surface area contributed by atoms with E-state index in [0.717, 1.165) is 29.4 Å². The van der Waals surface area contributed by atoms with Crippen LogP contribution in [-0.4, -0.2) is 28.1 Å². The van der Waals surface area contributed by atoms with E-state index >= 15 is 0 Å². The Balaban J connectivity index is 2.24. The van der Waals surface area contributed by atoms with E-state index in [1.54, 1.807) is 0 Å². The summed E-state index contributed by atoms with van der Waals surface area (Å²) in [5.74, 6) is -0.685. The van der Waals surface area contributed by atoms with E-state index in [1.165, 1.54) is 5.56 Å². The lowest BCUT2D eigenvalue weighted by molar-refractivity contribution is -0.150. The first-order valence-corrected chi connectivity index (χ1v) is 7.52. The average molecular weight is 326 g/mol. The number of likely N-dealkylation sites (tertiary alicyclic amines) is 1. The zero-order valence-electron chi connectivity index (χ0n) is 11.4. The van der Waals surface area contributed by atoms with Crippen molar-refractivity contribution >= 4 is 21.9 Å². The fourth-order valence-corrected chi connectivity index (χ4v) is 3.56. The normalized spacial score (nSPS) is 23.7. The highest BCUT2D eigenvalue weighted by atomic mass is 79.9. The quantitative estimate of drug-likeness (QED) is 0.919. The smallest absolute Gasteiger partial charge is 0.324 e. The highest BCUT2D eigenvalue weighted by molar-refractivity contribution is 9.10. The molecule has 0 saturated carbocycles. The van der Waals surface area contributed by atoms with Crippen molar-refractivity contribution in [1.29, 1.82) is 0 Å². The van der Waals surface area contributed by atoms with E-state index in [9.17, 15) is 9.90 Å². The van der Waals surface area contributed by atoms with Gasteiger partial charge in [-0.05, 0) is 49.9 Å². The summed E-state index contributed by atoms with van der Waals surface area (Å²) in [4.78, 5) is 13.8. The second-order valence-electron chi connectivity index (χ2n) is 5.31. The lowest BCUT2D eigenvalue weighted by atomic mass is 9.92. The Labute approximate surface area is 122 Å². The number of carboxylic acid groups (broad SMARTS) is 1. The minimum absolute atomic E-state index is 0.659. The third-order valence-corrected chi connectivity index (χ3v) is 4.91. The summed E-state index contributed by atoms with van der Waals surface area (Å²) in [7, 11) is 0. The van der Waals surface area contributed by atoms with Crippen molar-refractivity contribution in [2.45, 2.75) is 45.2 Å². The molecule has 0 aromatic heterocycles. The largest absolute Gasteiger partial charge is 0.480 e. The van der Waals surface area contributed by atoms with Crippen molar-refractivity contribution in [3.8, 4) is 0 Å². The molecule has 0 aliphatic carbocycles. The first-order chi connectivity index (χ1) is 8.99. The Hall–Kier alpha value is -0.870. The number of aryl methyl sites for hydroxylation is 1. The van der Waals surface area contributed by atoms with Crippen LogP contribution in [0.15, 0.2) is 22.7 Å². The van der Waals surface area contributed by atoms with Crippen molar-refractivity contribution in [2.75, 3.05) is 6.54 Å². The van der Waals surface area contributed by atoms with Gasteiger partial charge in [-0.15, -0.1) is 0 Å². The fraction of sp³-hybridized carbons (Fsp3) is 0.533. The standard InChI is InChI=1S/C15H20BrNO2/c1-3-15(14(18)19)7-4-8-17(15)10-12-6-5-11(2)9-13(12)16/h5-6,9H,3-4,7-8,10H2,1-2H3,(H,18,19). The number of carbonyl (C=O) groups is 1. The molecule has 1 N–H and O–H groups in total. The number of rotatable bonds is 4. The van der Waals surface area contributed by atoms with E-state index in [0.29, 0.717) is 13.0 Å². The number of carboxylic acids is 1. The number of halogens is 1. The first kappa shape index (κ1) is 14.5. The monoisotopic (exact) mass is 325 g/mol. The topological polar surface area (TPSA) is 40.5 Å². The summed E-state index contributed by atoms with van der Waals surface area (Å²) in [6.07, 6.45) is 2.37. The number of benzene rings is 1. The minimum atomic E-state index is -0.685. The molecule has 1 aliphatic heterocycles. The molecular formula is C15H20BrNO2. The summed E-state index contributed by atoms with van der Waals surface area (Å²) < 4.78 is 1.06. The van der Waals surface area contributed by atoms with Crippen LogP contribution in [0.5, 0.6) is 0 Å². The molecule has 4 heteroatoms. The van der Waals surface area contributed by atoms with Crippen molar-refractivity contribution < 1.29 is 9.90 Å². The Bertz CT molecular complexity index is 489. The molecule has 0 spiro atoms. The van der Waals surface area contributed by atoms with Crippen LogP contribution in [0.3, 0.4) is 0 Å². The molecule has 1 fully saturated rings. The molecule has 1 heterocycles. The third kappa shape index (κ3) is 2.70. The second-order valence-corrected chi connectivity index (χ2v) is 6.16.